The van der Waals surface area contributed by atoms with Gasteiger partial charge in [0.1, 0.15) is 11.8 Å². The lowest BCUT2D eigenvalue weighted by Gasteiger charge is -2.31. The summed E-state index contributed by atoms with van der Waals surface area (Å²) in [7, 11) is 1.58. The Balaban J connectivity index is 1.88. The molecule has 1 N–H and O–H groups in total. The molecule has 32 heavy (non-hydrogen) atoms. The Morgan fingerprint density at radius 2 is 1.72 bits per heavy atom. The molecule has 6 heteroatoms. The van der Waals surface area contributed by atoms with Crippen LogP contribution in [-0.4, -0.2) is 36.4 Å². The number of carbonyl (C=O) groups is 2. The number of benzene rings is 3. The molecule has 0 aliphatic heterocycles. The monoisotopic (exact) mass is 450 g/mol. The molecule has 2 amide bonds. The molecule has 3 aromatic rings. The number of amides is 2. The third-order valence-corrected chi connectivity index (χ3v) is 5.51. The Morgan fingerprint density at radius 3 is 2.41 bits per heavy atom. The molecule has 0 saturated heterocycles. The number of rotatable bonds is 9. The zero-order valence-electron chi connectivity index (χ0n) is 18.3. The van der Waals surface area contributed by atoms with Gasteiger partial charge in [0.25, 0.3) is 5.91 Å². The standard InChI is InChI=1S/C26H27ClN2O3/c1-19-9-6-7-12-21(19)17-29(25(30)18-32-23-14-8-13-22(27)16-23)24(26(31)28-2)15-20-10-4-3-5-11-20/h3-14,16,24H,15,17-18H2,1-2H3,(H,28,31)/t24-/m0/s1. The number of likely N-dealkylation sites (N-methyl/N-ethyl adjacent to an activating group) is 1. The average Bonchev–Trinajstić information content (AvgIpc) is 2.81. The van der Waals surface area contributed by atoms with Crippen molar-refractivity contribution in [2.75, 3.05) is 13.7 Å². The van der Waals surface area contributed by atoms with Crippen molar-refractivity contribution >= 4 is 23.4 Å². The Hall–Kier alpha value is -3.31. The first-order valence-electron chi connectivity index (χ1n) is 10.5. The van der Waals surface area contributed by atoms with Gasteiger partial charge < -0.3 is 15.0 Å². The van der Waals surface area contributed by atoms with E-state index in [0.29, 0.717) is 23.7 Å². The second-order valence-electron chi connectivity index (χ2n) is 7.51. The maximum absolute atomic E-state index is 13.4. The number of carbonyl (C=O) groups excluding carboxylic acids is 2. The van der Waals surface area contributed by atoms with Crippen molar-refractivity contribution in [3.8, 4) is 5.75 Å². The highest BCUT2D eigenvalue weighted by Crippen LogP contribution is 2.19. The van der Waals surface area contributed by atoms with Gasteiger partial charge in [0.15, 0.2) is 6.61 Å². The molecule has 3 aromatic carbocycles. The van der Waals surface area contributed by atoms with Gasteiger partial charge >= 0.3 is 0 Å². The van der Waals surface area contributed by atoms with E-state index in [1.54, 1.807) is 36.2 Å². The lowest BCUT2D eigenvalue weighted by molar-refractivity contribution is -0.142. The molecule has 0 saturated carbocycles. The molecule has 0 heterocycles. The summed E-state index contributed by atoms with van der Waals surface area (Å²) in [5.74, 6) is -0.00227. The van der Waals surface area contributed by atoms with E-state index in [4.69, 9.17) is 16.3 Å². The molecule has 0 fully saturated rings. The van der Waals surface area contributed by atoms with E-state index >= 15 is 0 Å². The number of aryl methyl sites for hydroxylation is 1. The zero-order valence-corrected chi connectivity index (χ0v) is 19.0. The van der Waals surface area contributed by atoms with Gasteiger partial charge in [-0.3, -0.25) is 9.59 Å². The van der Waals surface area contributed by atoms with Crippen LogP contribution in [0.3, 0.4) is 0 Å². The fraction of sp³-hybridized carbons (Fsp3) is 0.231. The smallest absolute Gasteiger partial charge is 0.261 e. The molecule has 0 unspecified atom stereocenters. The molecule has 3 rings (SSSR count). The molecular formula is C26H27ClN2O3. The van der Waals surface area contributed by atoms with Crippen LogP contribution in [0.2, 0.25) is 5.02 Å². The Kier molecular flexibility index (Phi) is 8.28. The van der Waals surface area contributed by atoms with E-state index in [-0.39, 0.29) is 18.4 Å². The van der Waals surface area contributed by atoms with Crippen molar-refractivity contribution in [1.82, 2.24) is 10.2 Å². The fourth-order valence-electron chi connectivity index (χ4n) is 3.48. The maximum Gasteiger partial charge on any atom is 0.261 e. The van der Waals surface area contributed by atoms with Crippen LogP contribution in [0, 0.1) is 6.92 Å². The summed E-state index contributed by atoms with van der Waals surface area (Å²) in [6, 6.07) is 23.7. The minimum atomic E-state index is -0.683. The van der Waals surface area contributed by atoms with Gasteiger partial charge in [-0.15, -0.1) is 0 Å². The molecule has 0 radical (unpaired) electrons. The van der Waals surface area contributed by atoms with Crippen LogP contribution in [0.1, 0.15) is 16.7 Å². The first-order valence-corrected chi connectivity index (χ1v) is 10.8. The third-order valence-electron chi connectivity index (χ3n) is 5.28. The topological polar surface area (TPSA) is 58.6 Å². The van der Waals surface area contributed by atoms with Crippen molar-refractivity contribution in [1.29, 1.82) is 0 Å². The molecular weight excluding hydrogens is 424 g/mol. The molecule has 0 aromatic heterocycles. The van der Waals surface area contributed by atoms with E-state index in [1.807, 2.05) is 61.5 Å². The summed E-state index contributed by atoms with van der Waals surface area (Å²) in [5, 5.41) is 3.24. The van der Waals surface area contributed by atoms with Crippen molar-refractivity contribution < 1.29 is 14.3 Å². The number of halogens is 1. The molecule has 166 valence electrons. The largest absolute Gasteiger partial charge is 0.484 e. The first kappa shape index (κ1) is 23.4. The summed E-state index contributed by atoms with van der Waals surface area (Å²) in [4.78, 5) is 27.8. The van der Waals surface area contributed by atoms with E-state index < -0.39 is 6.04 Å². The van der Waals surface area contributed by atoms with Crippen molar-refractivity contribution in [3.05, 3.63) is 101 Å². The van der Waals surface area contributed by atoms with Gasteiger partial charge in [-0.2, -0.15) is 0 Å². The molecule has 1 atom stereocenters. The zero-order chi connectivity index (χ0) is 22.9. The van der Waals surface area contributed by atoms with Crippen LogP contribution in [-0.2, 0) is 22.6 Å². The number of hydrogen-bond donors (Lipinski definition) is 1. The summed E-state index contributed by atoms with van der Waals surface area (Å²) in [5.41, 5.74) is 3.00. The van der Waals surface area contributed by atoms with E-state index in [1.165, 1.54) is 0 Å². The van der Waals surface area contributed by atoms with Crippen LogP contribution >= 0.6 is 11.6 Å². The first-order chi connectivity index (χ1) is 15.5. The minimum Gasteiger partial charge on any atom is -0.484 e. The van der Waals surface area contributed by atoms with E-state index in [9.17, 15) is 9.59 Å². The number of nitrogens with zero attached hydrogens (tertiary/aromatic N) is 1. The second-order valence-corrected chi connectivity index (χ2v) is 7.95. The lowest BCUT2D eigenvalue weighted by Crippen LogP contribution is -2.51. The van der Waals surface area contributed by atoms with Crippen molar-refractivity contribution in [2.24, 2.45) is 0 Å². The Morgan fingerprint density at radius 1 is 1.00 bits per heavy atom. The highest BCUT2D eigenvalue weighted by molar-refractivity contribution is 6.30. The average molecular weight is 451 g/mol. The second kappa shape index (κ2) is 11.3. The van der Waals surface area contributed by atoms with Crippen LogP contribution in [0.5, 0.6) is 5.75 Å². The molecule has 5 nitrogen and oxygen atoms in total. The maximum atomic E-state index is 13.4. The molecule has 0 aliphatic carbocycles. The lowest BCUT2D eigenvalue weighted by atomic mass is 10.0. The van der Waals surface area contributed by atoms with E-state index in [2.05, 4.69) is 5.32 Å². The van der Waals surface area contributed by atoms with Crippen LogP contribution in [0.4, 0.5) is 0 Å². The minimum absolute atomic E-state index is 0.200. The number of ether oxygens (including phenoxy) is 1. The van der Waals surface area contributed by atoms with Gasteiger partial charge in [0.2, 0.25) is 5.91 Å². The van der Waals surface area contributed by atoms with Gasteiger partial charge in [0, 0.05) is 25.0 Å². The van der Waals surface area contributed by atoms with Crippen LogP contribution in [0.25, 0.3) is 0 Å². The summed E-state index contributed by atoms with van der Waals surface area (Å²) in [6.45, 7) is 2.09. The quantitative estimate of drug-likeness (QED) is 0.525. The molecule has 0 bridgehead atoms. The number of hydrogen-bond acceptors (Lipinski definition) is 3. The predicted molar refractivity (Wildman–Crippen MR) is 127 cm³/mol. The highest BCUT2D eigenvalue weighted by Gasteiger charge is 2.30. The van der Waals surface area contributed by atoms with Gasteiger partial charge in [-0.1, -0.05) is 72.3 Å². The summed E-state index contributed by atoms with van der Waals surface area (Å²) in [6.07, 6.45) is 0.398. The van der Waals surface area contributed by atoms with Crippen molar-refractivity contribution in [3.63, 3.8) is 0 Å². The summed E-state index contributed by atoms with van der Waals surface area (Å²) < 4.78 is 5.70. The summed E-state index contributed by atoms with van der Waals surface area (Å²) >= 11 is 6.02. The highest BCUT2D eigenvalue weighted by atomic mass is 35.5. The van der Waals surface area contributed by atoms with Gasteiger partial charge in [-0.05, 0) is 41.8 Å². The van der Waals surface area contributed by atoms with Gasteiger partial charge in [0.05, 0.1) is 0 Å². The van der Waals surface area contributed by atoms with Gasteiger partial charge in [-0.25, -0.2) is 0 Å². The van der Waals surface area contributed by atoms with Crippen molar-refractivity contribution in [2.45, 2.75) is 25.9 Å². The van der Waals surface area contributed by atoms with Crippen LogP contribution < -0.4 is 10.1 Å². The molecule has 0 aliphatic rings. The van der Waals surface area contributed by atoms with E-state index in [0.717, 1.165) is 16.7 Å². The third kappa shape index (κ3) is 6.34. The predicted octanol–water partition coefficient (Wildman–Crippen LogP) is 4.41. The Labute approximate surface area is 194 Å². The number of nitrogens with one attached hydrogen (secondary N) is 1. The van der Waals surface area contributed by atoms with Crippen LogP contribution in [0.15, 0.2) is 78.9 Å². The SMILES string of the molecule is CNC(=O)[C@H](Cc1ccccc1)N(Cc1ccccc1C)C(=O)COc1cccc(Cl)c1. The normalized spacial score (nSPS) is 11.5. The molecule has 0 spiro atoms. The fourth-order valence-corrected chi connectivity index (χ4v) is 3.66. The Bertz CT molecular complexity index is 1060.